The molecular formula is C13H11BrN2O3. The van der Waals surface area contributed by atoms with Crippen molar-refractivity contribution in [2.45, 2.75) is 0 Å². The fraction of sp³-hybridized carbons (Fsp3) is 0.0769. The average molecular weight is 323 g/mol. The molecule has 0 unspecified atom stereocenters. The van der Waals surface area contributed by atoms with Gasteiger partial charge in [0.25, 0.3) is 5.56 Å². The van der Waals surface area contributed by atoms with Crippen molar-refractivity contribution in [2.24, 2.45) is 7.05 Å². The summed E-state index contributed by atoms with van der Waals surface area (Å²) in [4.78, 5) is 22.6. The lowest BCUT2D eigenvalue weighted by atomic mass is 10.2. The highest BCUT2D eigenvalue weighted by molar-refractivity contribution is 9.10. The van der Waals surface area contributed by atoms with Gasteiger partial charge in [0.1, 0.15) is 5.69 Å². The number of anilines is 2. The van der Waals surface area contributed by atoms with Crippen molar-refractivity contribution >= 4 is 33.3 Å². The van der Waals surface area contributed by atoms with E-state index in [-0.39, 0.29) is 11.1 Å². The molecule has 0 aliphatic carbocycles. The van der Waals surface area contributed by atoms with Crippen LogP contribution in [0.4, 0.5) is 11.4 Å². The van der Waals surface area contributed by atoms with E-state index in [1.165, 1.54) is 16.7 Å². The van der Waals surface area contributed by atoms with Gasteiger partial charge in [0.2, 0.25) is 0 Å². The molecule has 1 aromatic carbocycles. The first-order valence-corrected chi connectivity index (χ1v) is 6.23. The molecule has 0 amide bonds. The number of benzene rings is 1. The molecular weight excluding hydrogens is 312 g/mol. The Hall–Kier alpha value is -2.08. The normalized spacial score (nSPS) is 10.2. The predicted molar refractivity (Wildman–Crippen MR) is 76.1 cm³/mol. The summed E-state index contributed by atoms with van der Waals surface area (Å²) >= 11 is 3.31. The third-order valence-electron chi connectivity index (χ3n) is 2.56. The van der Waals surface area contributed by atoms with Crippen molar-refractivity contribution in [2.75, 3.05) is 5.32 Å². The van der Waals surface area contributed by atoms with Crippen LogP contribution in [0, 0.1) is 0 Å². The van der Waals surface area contributed by atoms with Crippen LogP contribution < -0.4 is 10.9 Å². The van der Waals surface area contributed by atoms with E-state index in [1.54, 1.807) is 31.4 Å². The summed E-state index contributed by atoms with van der Waals surface area (Å²) in [6.07, 6.45) is 1.67. The monoisotopic (exact) mass is 322 g/mol. The van der Waals surface area contributed by atoms with Crippen molar-refractivity contribution in [3.8, 4) is 0 Å². The molecule has 6 heteroatoms. The molecule has 0 saturated heterocycles. The summed E-state index contributed by atoms with van der Waals surface area (Å²) in [5.74, 6) is -0.982. The standard InChI is InChI=1S/C13H11BrN2O3/c1-16-7-9(14)6-11(12(16)17)15-10-4-2-8(3-5-10)13(18)19/h2-7,15H,1H3,(H,18,19). The van der Waals surface area contributed by atoms with Gasteiger partial charge in [-0.3, -0.25) is 4.79 Å². The van der Waals surface area contributed by atoms with Crippen molar-refractivity contribution in [1.82, 2.24) is 4.57 Å². The van der Waals surface area contributed by atoms with Gasteiger partial charge in [-0.25, -0.2) is 4.79 Å². The molecule has 2 N–H and O–H groups in total. The van der Waals surface area contributed by atoms with E-state index >= 15 is 0 Å². The lowest BCUT2D eigenvalue weighted by molar-refractivity contribution is 0.0697. The minimum absolute atomic E-state index is 0.162. The Bertz CT molecular complexity index is 677. The summed E-state index contributed by atoms with van der Waals surface area (Å²) in [5.41, 5.74) is 1.11. The molecule has 0 bridgehead atoms. The number of nitrogens with one attached hydrogen (secondary N) is 1. The summed E-state index contributed by atoms with van der Waals surface area (Å²) in [5, 5.41) is 11.8. The molecule has 0 saturated carbocycles. The van der Waals surface area contributed by atoms with E-state index < -0.39 is 5.97 Å². The van der Waals surface area contributed by atoms with Crippen molar-refractivity contribution < 1.29 is 9.90 Å². The average Bonchev–Trinajstić information content (AvgIpc) is 2.36. The number of hydrogen-bond acceptors (Lipinski definition) is 3. The number of carboxylic acids is 1. The van der Waals surface area contributed by atoms with Crippen molar-refractivity contribution in [1.29, 1.82) is 0 Å². The van der Waals surface area contributed by atoms with Gasteiger partial charge in [-0.1, -0.05) is 0 Å². The zero-order valence-electron chi connectivity index (χ0n) is 10.1. The Morgan fingerprint density at radius 1 is 1.32 bits per heavy atom. The van der Waals surface area contributed by atoms with Crippen LogP contribution in [0.5, 0.6) is 0 Å². The van der Waals surface area contributed by atoms with Gasteiger partial charge in [0.05, 0.1) is 5.56 Å². The number of pyridine rings is 1. The second-order valence-electron chi connectivity index (χ2n) is 4.00. The fourth-order valence-electron chi connectivity index (χ4n) is 1.61. The molecule has 19 heavy (non-hydrogen) atoms. The highest BCUT2D eigenvalue weighted by Gasteiger charge is 2.05. The number of aromatic carboxylic acids is 1. The largest absolute Gasteiger partial charge is 0.478 e. The highest BCUT2D eigenvalue weighted by atomic mass is 79.9. The zero-order chi connectivity index (χ0) is 14.0. The molecule has 0 radical (unpaired) electrons. The molecule has 98 valence electrons. The quantitative estimate of drug-likeness (QED) is 0.911. The van der Waals surface area contributed by atoms with Crippen LogP contribution in [0.2, 0.25) is 0 Å². The van der Waals surface area contributed by atoms with Crippen LogP contribution >= 0.6 is 15.9 Å². The smallest absolute Gasteiger partial charge is 0.335 e. The van der Waals surface area contributed by atoms with E-state index in [4.69, 9.17) is 5.11 Å². The molecule has 1 heterocycles. The van der Waals surface area contributed by atoms with E-state index in [9.17, 15) is 9.59 Å². The predicted octanol–water partition coefficient (Wildman–Crippen LogP) is 2.59. The maximum Gasteiger partial charge on any atom is 0.335 e. The SMILES string of the molecule is Cn1cc(Br)cc(Nc2ccc(C(=O)O)cc2)c1=O. The van der Waals surface area contributed by atoms with Gasteiger partial charge in [-0.15, -0.1) is 0 Å². The zero-order valence-corrected chi connectivity index (χ0v) is 11.6. The minimum Gasteiger partial charge on any atom is -0.478 e. The maximum atomic E-state index is 11.9. The third-order valence-corrected chi connectivity index (χ3v) is 2.99. The number of carboxylic acid groups (broad SMARTS) is 1. The number of hydrogen-bond donors (Lipinski definition) is 2. The summed E-state index contributed by atoms with van der Waals surface area (Å²) in [6, 6.07) is 7.86. The Morgan fingerprint density at radius 2 is 1.95 bits per heavy atom. The molecule has 0 fully saturated rings. The van der Waals surface area contributed by atoms with Crippen LogP contribution in [0.1, 0.15) is 10.4 Å². The summed E-state index contributed by atoms with van der Waals surface area (Å²) in [6.45, 7) is 0. The number of halogens is 1. The Labute approximate surface area is 117 Å². The van der Waals surface area contributed by atoms with E-state index in [0.29, 0.717) is 11.4 Å². The molecule has 0 aliphatic rings. The molecule has 1 aromatic heterocycles. The Balaban J connectivity index is 2.31. The van der Waals surface area contributed by atoms with E-state index in [2.05, 4.69) is 21.2 Å². The van der Waals surface area contributed by atoms with Crippen molar-refractivity contribution in [3.63, 3.8) is 0 Å². The Kier molecular flexibility index (Phi) is 3.71. The summed E-state index contributed by atoms with van der Waals surface area (Å²) in [7, 11) is 1.66. The van der Waals surface area contributed by atoms with Crippen LogP contribution in [0.3, 0.4) is 0 Å². The number of rotatable bonds is 3. The lowest BCUT2D eigenvalue weighted by Gasteiger charge is -2.08. The molecule has 0 atom stereocenters. The fourth-order valence-corrected chi connectivity index (χ4v) is 2.15. The van der Waals surface area contributed by atoms with Crippen LogP contribution in [-0.4, -0.2) is 15.6 Å². The van der Waals surface area contributed by atoms with Crippen LogP contribution in [-0.2, 0) is 7.05 Å². The minimum atomic E-state index is -0.982. The lowest BCUT2D eigenvalue weighted by Crippen LogP contribution is -2.19. The van der Waals surface area contributed by atoms with Gasteiger partial charge >= 0.3 is 5.97 Å². The molecule has 0 spiro atoms. The number of carbonyl (C=O) groups is 1. The van der Waals surface area contributed by atoms with Gasteiger partial charge in [0.15, 0.2) is 0 Å². The van der Waals surface area contributed by atoms with Crippen LogP contribution in [0.25, 0.3) is 0 Å². The number of aromatic nitrogens is 1. The first kappa shape index (κ1) is 13.4. The van der Waals surface area contributed by atoms with E-state index in [1.807, 2.05) is 0 Å². The van der Waals surface area contributed by atoms with E-state index in [0.717, 1.165) is 4.47 Å². The number of nitrogens with zero attached hydrogens (tertiary/aromatic N) is 1. The topological polar surface area (TPSA) is 71.3 Å². The summed E-state index contributed by atoms with van der Waals surface area (Å²) < 4.78 is 2.23. The second kappa shape index (κ2) is 5.27. The van der Waals surface area contributed by atoms with Gasteiger partial charge in [-0.2, -0.15) is 0 Å². The second-order valence-corrected chi connectivity index (χ2v) is 4.91. The molecule has 2 aromatic rings. The molecule has 0 aliphatic heterocycles. The maximum absolute atomic E-state index is 11.9. The van der Waals surface area contributed by atoms with Gasteiger partial charge in [0, 0.05) is 23.4 Å². The number of aryl methyl sites for hydroxylation is 1. The first-order valence-electron chi connectivity index (χ1n) is 5.44. The first-order chi connectivity index (χ1) is 8.97. The van der Waals surface area contributed by atoms with Crippen LogP contribution in [0.15, 0.2) is 45.8 Å². The van der Waals surface area contributed by atoms with Gasteiger partial charge < -0.3 is 15.0 Å². The molecule has 5 nitrogen and oxygen atoms in total. The molecule has 2 rings (SSSR count). The third kappa shape index (κ3) is 3.03. The van der Waals surface area contributed by atoms with Gasteiger partial charge in [-0.05, 0) is 46.3 Å². The Morgan fingerprint density at radius 3 is 2.53 bits per heavy atom. The highest BCUT2D eigenvalue weighted by Crippen LogP contribution is 2.17. The van der Waals surface area contributed by atoms with Crippen molar-refractivity contribution in [3.05, 3.63) is 56.9 Å².